The smallest absolute Gasteiger partial charge is 0.306 e. The summed E-state index contributed by atoms with van der Waals surface area (Å²) in [6.45, 7) is 2.90. The van der Waals surface area contributed by atoms with Gasteiger partial charge in [0.1, 0.15) is 0 Å². The van der Waals surface area contributed by atoms with Gasteiger partial charge in [0, 0.05) is 32.1 Å². The molecule has 3 N–H and O–H groups in total. The Balaban J connectivity index is 1.75. The maximum absolute atomic E-state index is 12.1. The lowest BCUT2D eigenvalue weighted by Crippen LogP contribution is -2.50. The van der Waals surface area contributed by atoms with Crippen LogP contribution in [0.2, 0.25) is 0 Å². The van der Waals surface area contributed by atoms with Gasteiger partial charge in [0.05, 0.1) is 12.5 Å². The first-order valence-corrected chi connectivity index (χ1v) is 7.57. The average Bonchev–Trinajstić information content (AvgIpc) is 2.53. The molecule has 0 aromatic carbocycles. The Morgan fingerprint density at radius 1 is 1.14 bits per heavy atom. The molecule has 7 nitrogen and oxygen atoms in total. The fourth-order valence-corrected chi connectivity index (χ4v) is 2.99. The third-order valence-electron chi connectivity index (χ3n) is 4.28. The number of carboxylic acids is 1. The number of rotatable bonds is 4. The number of hydrogen-bond donors (Lipinski definition) is 3. The summed E-state index contributed by atoms with van der Waals surface area (Å²) in [7, 11) is 0. The third-order valence-corrected chi connectivity index (χ3v) is 4.28. The van der Waals surface area contributed by atoms with E-state index in [1.165, 1.54) is 0 Å². The number of carboxylic acid groups (broad SMARTS) is 1. The zero-order valence-electron chi connectivity index (χ0n) is 12.1. The SMILES string of the molecule is O=C(O)C1CCCC(C(=O)NCC(=O)N2CCNCC2)C1. The lowest BCUT2D eigenvalue weighted by molar-refractivity contribution is -0.144. The van der Waals surface area contributed by atoms with Crippen molar-refractivity contribution in [1.29, 1.82) is 0 Å². The molecule has 2 atom stereocenters. The van der Waals surface area contributed by atoms with Crippen molar-refractivity contribution in [1.82, 2.24) is 15.5 Å². The summed E-state index contributed by atoms with van der Waals surface area (Å²) in [5.41, 5.74) is 0. The van der Waals surface area contributed by atoms with Crippen LogP contribution in [0.3, 0.4) is 0 Å². The molecular weight excluding hydrogens is 274 g/mol. The third kappa shape index (κ3) is 4.42. The van der Waals surface area contributed by atoms with E-state index in [1.54, 1.807) is 4.90 Å². The summed E-state index contributed by atoms with van der Waals surface area (Å²) < 4.78 is 0. The predicted molar refractivity (Wildman–Crippen MR) is 75.5 cm³/mol. The van der Waals surface area contributed by atoms with Gasteiger partial charge in [-0.3, -0.25) is 14.4 Å². The highest BCUT2D eigenvalue weighted by Gasteiger charge is 2.31. The number of piperazine rings is 1. The molecule has 1 aliphatic heterocycles. The highest BCUT2D eigenvalue weighted by atomic mass is 16.4. The summed E-state index contributed by atoms with van der Waals surface area (Å²) in [6, 6.07) is 0. The molecule has 0 bridgehead atoms. The molecule has 2 fully saturated rings. The summed E-state index contributed by atoms with van der Waals surface area (Å²) >= 11 is 0. The molecule has 1 saturated carbocycles. The number of nitrogens with zero attached hydrogens (tertiary/aromatic N) is 1. The van der Waals surface area contributed by atoms with Gasteiger partial charge in [0.25, 0.3) is 0 Å². The maximum atomic E-state index is 12.1. The van der Waals surface area contributed by atoms with Crippen molar-refractivity contribution >= 4 is 17.8 Å². The molecule has 1 heterocycles. The maximum Gasteiger partial charge on any atom is 0.306 e. The second-order valence-electron chi connectivity index (χ2n) is 5.75. The number of carbonyl (C=O) groups is 3. The van der Waals surface area contributed by atoms with Crippen LogP contribution >= 0.6 is 0 Å². The monoisotopic (exact) mass is 297 g/mol. The second kappa shape index (κ2) is 7.40. The Morgan fingerprint density at radius 3 is 2.48 bits per heavy atom. The Hall–Kier alpha value is -1.63. The summed E-state index contributed by atoms with van der Waals surface area (Å²) in [6.07, 6.45) is 2.47. The molecule has 2 unspecified atom stereocenters. The number of aliphatic carboxylic acids is 1. The topological polar surface area (TPSA) is 98.7 Å². The van der Waals surface area contributed by atoms with Gasteiger partial charge < -0.3 is 20.6 Å². The number of hydrogen-bond acceptors (Lipinski definition) is 4. The van der Waals surface area contributed by atoms with Gasteiger partial charge in [0.2, 0.25) is 11.8 Å². The minimum atomic E-state index is -0.829. The van der Waals surface area contributed by atoms with Crippen molar-refractivity contribution < 1.29 is 19.5 Å². The zero-order valence-corrected chi connectivity index (χ0v) is 12.1. The highest BCUT2D eigenvalue weighted by molar-refractivity contribution is 5.86. The molecule has 0 radical (unpaired) electrons. The number of carbonyl (C=O) groups excluding carboxylic acids is 2. The van der Waals surface area contributed by atoms with E-state index in [0.29, 0.717) is 32.4 Å². The Labute approximate surface area is 124 Å². The van der Waals surface area contributed by atoms with E-state index in [-0.39, 0.29) is 24.3 Å². The first kappa shape index (κ1) is 15.8. The molecular formula is C14H23N3O4. The van der Waals surface area contributed by atoms with Gasteiger partial charge in [0.15, 0.2) is 0 Å². The van der Waals surface area contributed by atoms with E-state index in [2.05, 4.69) is 10.6 Å². The molecule has 1 aliphatic carbocycles. The lowest BCUT2D eigenvalue weighted by atomic mass is 9.81. The molecule has 2 rings (SSSR count). The van der Waals surface area contributed by atoms with Crippen molar-refractivity contribution in [2.24, 2.45) is 11.8 Å². The van der Waals surface area contributed by atoms with Gasteiger partial charge in [-0.05, 0) is 19.3 Å². The van der Waals surface area contributed by atoms with E-state index in [1.807, 2.05) is 0 Å². The molecule has 2 amide bonds. The van der Waals surface area contributed by atoms with Crippen LogP contribution in [-0.2, 0) is 14.4 Å². The largest absolute Gasteiger partial charge is 0.481 e. The highest BCUT2D eigenvalue weighted by Crippen LogP contribution is 2.29. The fraction of sp³-hybridized carbons (Fsp3) is 0.786. The Morgan fingerprint density at radius 2 is 1.81 bits per heavy atom. The summed E-state index contributed by atoms with van der Waals surface area (Å²) in [5, 5.41) is 14.9. The molecule has 21 heavy (non-hydrogen) atoms. The van der Waals surface area contributed by atoms with Crippen molar-refractivity contribution in [3.8, 4) is 0 Å². The fourth-order valence-electron chi connectivity index (χ4n) is 2.99. The predicted octanol–water partition coefficient (Wildman–Crippen LogP) is -0.575. The van der Waals surface area contributed by atoms with Crippen molar-refractivity contribution in [3.05, 3.63) is 0 Å². The number of amides is 2. The molecule has 7 heteroatoms. The van der Waals surface area contributed by atoms with Crippen molar-refractivity contribution in [2.45, 2.75) is 25.7 Å². The van der Waals surface area contributed by atoms with Crippen molar-refractivity contribution in [2.75, 3.05) is 32.7 Å². The van der Waals surface area contributed by atoms with Crippen molar-refractivity contribution in [3.63, 3.8) is 0 Å². The molecule has 118 valence electrons. The normalized spacial score (nSPS) is 26.2. The van der Waals surface area contributed by atoms with Crippen LogP contribution in [0.25, 0.3) is 0 Å². The summed E-state index contributed by atoms with van der Waals surface area (Å²) in [5.74, 6) is -1.81. The first-order chi connectivity index (χ1) is 10.1. The van der Waals surface area contributed by atoms with Crippen LogP contribution in [0, 0.1) is 11.8 Å². The minimum absolute atomic E-state index is 0.00702. The standard InChI is InChI=1S/C14H23N3O4/c18-12(17-6-4-15-5-7-17)9-16-13(19)10-2-1-3-11(8-10)14(20)21/h10-11,15H,1-9H2,(H,16,19)(H,20,21). The van der Waals surface area contributed by atoms with Gasteiger partial charge in [-0.2, -0.15) is 0 Å². The van der Waals surface area contributed by atoms with E-state index >= 15 is 0 Å². The number of nitrogens with one attached hydrogen (secondary N) is 2. The zero-order chi connectivity index (χ0) is 15.2. The molecule has 1 saturated heterocycles. The van der Waals surface area contributed by atoms with Crippen LogP contribution in [-0.4, -0.2) is 60.5 Å². The molecule has 0 spiro atoms. The first-order valence-electron chi connectivity index (χ1n) is 7.57. The van der Waals surface area contributed by atoms with Crippen LogP contribution in [0.1, 0.15) is 25.7 Å². The van der Waals surface area contributed by atoms with E-state index in [9.17, 15) is 14.4 Å². The summed E-state index contributed by atoms with van der Waals surface area (Å²) in [4.78, 5) is 36.7. The lowest BCUT2D eigenvalue weighted by Gasteiger charge is -2.28. The quantitative estimate of drug-likeness (QED) is 0.645. The Kier molecular flexibility index (Phi) is 5.55. The molecule has 2 aliphatic rings. The van der Waals surface area contributed by atoms with Gasteiger partial charge in [-0.15, -0.1) is 0 Å². The van der Waals surface area contributed by atoms with Gasteiger partial charge >= 0.3 is 5.97 Å². The van der Waals surface area contributed by atoms with Gasteiger partial charge in [-0.1, -0.05) is 6.42 Å². The van der Waals surface area contributed by atoms with Crippen LogP contribution in [0.15, 0.2) is 0 Å². The minimum Gasteiger partial charge on any atom is -0.481 e. The van der Waals surface area contributed by atoms with Crippen LogP contribution in [0.4, 0.5) is 0 Å². The van der Waals surface area contributed by atoms with E-state index in [0.717, 1.165) is 19.5 Å². The molecule has 0 aromatic heterocycles. The average molecular weight is 297 g/mol. The van der Waals surface area contributed by atoms with E-state index in [4.69, 9.17) is 5.11 Å². The van der Waals surface area contributed by atoms with Crippen LogP contribution < -0.4 is 10.6 Å². The van der Waals surface area contributed by atoms with Gasteiger partial charge in [-0.25, -0.2) is 0 Å². The second-order valence-corrected chi connectivity index (χ2v) is 5.75. The van der Waals surface area contributed by atoms with E-state index < -0.39 is 11.9 Å². The molecule has 0 aromatic rings. The Bertz CT molecular complexity index is 407. The van der Waals surface area contributed by atoms with Crippen LogP contribution in [0.5, 0.6) is 0 Å².